The van der Waals surface area contributed by atoms with Gasteiger partial charge >= 0.3 is 0 Å². The van der Waals surface area contributed by atoms with E-state index in [1.807, 2.05) is 34.8 Å². The van der Waals surface area contributed by atoms with Crippen LogP contribution in [0.2, 0.25) is 0 Å². The summed E-state index contributed by atoms with van der Waals surface area (Å²) in [4.78, 5) is 6.78. The fraction of sp³-hybridized carbons (Fsp3) is 0.333. The minimum absolute atomic E-state index is 0.219. The molecule has 4 aromatic rings. The summed E-state index contributed by atoms with van der Waals surface area (Å²) >= 11 is 0. The van der Waals surface area contributed by atoms with Crippen LogP contribution in [0.3, 0.4) is 0 Å². The Bertz CT molecular complexity index is 1480. The zero-order valence-electron chi connectivity index (χ0n) is 21.1. The van der Waals surface area contributed by atoms with Crippen LogP contribution >= 0.6 is 0 Å². The first kappa shape index (κ1) is 25.2. The smallest absolute Gasteiger partial charge is 0.245 e. The van der Waals surface area contributed by atoms with Gasteiger partial charge in [0.05, 0.1) is 36.0 Å². The van der Waals surface area contributed by atoms with E-state index in [0.717, 1.165) is 54.9 Å². The van der Waals surface area contributed by atoms with Gasteiger partial charge < -0.3 is 15.3 Å². The number of benzene rings is 2. The van der Waals surface area contributed by atoms with E-state index in [-0.39, 0.29) is 6.61 Å². The van der Waals surface area contributed by atoms with Crippen LogP contribution in [-0.2, 0) is 10.0 Å². The standard InChI is InChI=1S/C27H32N6O3S/c1-31(37(2,35)36)24-5-3-4-22(18-24)26-11-10-25-19-28-27(30-33(25)26)29-23-8-6-20(7-9-23)21-12-14-32(15-13-21)16-17-34/h3-11,18-19,21,34H,12-17H2,1-2H3,(H,29,30). The molecule has 0 amide bonds. The minimum atomic E-state index is -3.36. The molecule has 0 unspecified atom stereocenters. The lowest BCUT2D eigenvalue weighted by Crippen LogP contribution is -2.34. The van der Waals surface area contributed by atoms with Gasteiger partial charge in [-0.1, -0.05) is 24.3 Å². The van der Waals surface area contributed by atoms with E-state index in [9.17, 15) is 8.42 Å². The Labute approximate surface area is 217 Å². The molecule has 0 bridgehead atoms. The highest BCUT2D eigenvalue weighted by molar-refractivity contribution is 7.92. The monoisotopic (exact) mass is 520 g/mol. The van der Waals surface area contributed by atoms with E-state index in [1.165, 1.54) is 16.1 Å². The number of β-amino-alcohol motifs (C(OH)–C–C–N with tert-alkyl or cyclic N) is 1. The molecule has 1 saturated heterocycles. The maximum absolute atomic E-state index is 12.0. The number of piperidine rings is 1. The summed E-state index contributed by atoms with van der Waals surface area (Å²) in [5.74, 6) is 1.01. The molecule has 1 fully saturated rings. The van der Waals surface area contributed by atoms with Crippen LogP contribution in [0.1, 0.15) is 24.3 Å². The highest BCUT2D eigenvalue weighted by atomic mass is 32.2. The lowest BCUT2D eigenvalue weighted by atomic mass is 9.89. The SMILES string of the molecule is CN(c1cccc(-c2ccc3cnc(Nc4ccc(C5CCN(CCO)CC5)cc4)nn23)c1)S(C)(=O)=O. The molecule has 0 spiro atoms. The molecule has 1 aliphatic heterocycles. The number of aliphatic hydroxyl groups is 1. The fourth-order valence-corrected chi connectivity index (χ4v) is 5.33. The zero-order valence-corrected chi connectivity index (χ0v) is 21.9. The zero-order chi connectivity index (χ0) is 26.0. The second-order valence-electron chi connectivity index (χ2n) is 9.50. The van der Waals surface area contributed by atoms with Crippen LogP contribution in [-0.4, -0.2) is 72.6 Å². The molecule has 0 radical (unpaired) electrons. The third-order valence-corrected chi connectivity index (χ3v) is 8.25. The Morgan fingerprint density at radius 2 is 1.84 bits per heavy atom. The molecular formula is C27H32N6O3S. The summed E-state index contributed by atoms with van der Waals surface area (Å²) in [6.07, 6.45) is 5.15. The van der Waals surface area contributed by atoms with Gasteiger partial charge in [-0.15, -0.1) is 5.10 Å². The van der Waals surface area contributed by atoms with Gasteiger partial charge in [0.2, 0.25) is 16.0 Å². The molecule has 37 heavy (non-hydrogen) atoms. The molecule has 10 heteroatoms. The van der Waals surface area contributed by atoms with E-state index < -0.39 is 10.0 Å². The third kappa shape index (κ3) is 5.61. The fourth-order valence-electron chi connectivity index (χ4n) is 4.83. The Morgan fingerprint density at radius 3 is 2.54 bits per heavy atom. The molecule has 2 aromatic carbocycles. The van der Waals surface area contributed by atoms with Crippen molar-refractivity contribution in [3.63, 3.8) is 0 Å². The molecule has 194 valence electrons. The molecule has 0 aliphatic carbocycles. The lowest BCUT2D eigenvalue weighted by molar-refractivity contribution is 0.164. The first-order valence-electron chi connectivity index (χ1n) is 12.4. The van der Waals surface area contributed by atoms with Crippen molar-refractivity contribution in [1.29, 1.82) is 0 Å². The van der Waals surface area contributed by atoms with Gasteiger partial charge in [-0.2, -0.15) is 0 Å². The van der Waals surface area contributed by atoms with Crippen molar-refractivity contribution in [2.75, 3.05) is 49.2 Å². The molecule has 2 N–H and O–H groups in total. The van der Waals surface area contributed by atoms with E-state index in [0.29, 0.717) is 17.6 Å². The van der Waals surface area contributed by atoms with Gasteiger partial charge in [0.25, 0.3) is 0 Å². The summed E-state index contributed by atoms with van der Waals surface area (Å²) in [6, 6.07) is 19.7. The molecular weight excluding hydrogens is 488 g/mol. The first-order chi connectivity index (χ1) is 17.8. The number of nitrogens with zero attached hydrogens (tertiary/aromatic N) is 5. The number of hydrogen-bond acceptors (Lipinski definition) is 7. The van der Waals surface area contributed by atoms with Gasteiger partial charge in [0, 0.05) is 24.8 Å². The number of aromatic nitrogens is 3. The largest absolute Gasteiger partial charge is 0.395 e. The van der Waals surface area contributed by atoms with Gasteiger partial charge in [0.15, 0.2) is 0 Å². The highest BCUT2D eigenvalue weighted by Crippen LogP contribution is 2.30. The number of fused-ring (bicyclic) bond motifs is 1. The van der Waals surface area contributed by atoms with Crippen LogP contribution in [0.5, 0.6) is 0 Å². The van der Waals surface area contributed by atoms with Crippen molar-refractivity contribution < 1.29 is 13.5 Å². The van der Waals surface area contributed by atoms with Crippen molar-refractivity contribution in [2.24, 2.45) is 0 Å². The van der Waals surface area contributed by atoms with E-state index in [4.69, 9.17) is 10.2 Å². The van der Waals surface area contributed by atoms with Crippen LogP contribution in [0.25, 0.3) is 16.8 Å². The molecule has 9 nitrogen and oxygen atoms in total. The van der Waals surface area contributed by atoms with Crippen molar-refractivity contribution in [3.05, 3.63) is 72.4 Å². The quantitative estimate of drug-likeness (QED) is 0.365. The number of nitrogens with one attached hydrogen (secondary N) is 1. The third-order valence-electron chi connectivity index (χ3n) is 7.04. The van der Waals surface area contributed by atoms with Gasteiger partial charge in [-0.05, 0) is 73.8 Å². The second-order valence-corrected chi connectivity index (χ2v) is 11.5. The molecule has 1 aliphatic rings. The Hall–Kier alpha value is -3.47. The predicted molar refractivity (Wildman–Crippen MR) is 147 cm³/mol. The van der Waals surface area contributed by atoms with Crippen molar-refractivity contribution >= 4 is 32.9 Å². The second kappa shape index (κ2) is 10.5. The number of anilines is 3. The molecule has 3 heterocycles. The Kier molecular flexibility index (Phi) is 7.14. The highest BCUT2D eigenvalue weighted by Gasteiger charge is 2.20. The number of likely N-dealkylation sites (tertiary alicyclic amines) is 1. The van der Waals surface area contributed by atoms with E-state index >= 15 is 0 Å². The molecule has 0 saturated carbocycles. The van der Waals surface area contributed by atoms with Crippen LogP contribution in [0.15, 0.2) is 66.9 Å². The predicted octanol–water partition coefficient (Wildman–Crippen LogP) is 3.71. The minimum Gasteiger partial charge on any atom is -0.395 e. The van der Waals surface area contributed by atoms with E-state index in [2.05, 4.69) is 39.5 Å². The van der Waals surface area contributed by atoms with Gasteiger partial charge in [-0.3, -0.25) is 4.31 Å². The maximum atomic E-state index is 12.0. The van der Waals surface area contributed by atoms with E-state index in [1.54, 1.807) is 19.3 Å². The average Bonchev–Trinajstić information content (AvgIpc) is 3.32. The molecule has 5 rings (SSSR count). The molecule has 0 atom stereocenters. The summed E-state index contributed by atoms with van der Waals surface area (Å²) in [5.41, 5.74) is 5.36. The topological polar surface area (TPSA) is 103 Å². The first-order valence-corrected chi connectivity index (χ1v) is 14.3. The van der Waals surface area contributed by atoms with Crippen LogP contribution in [0.4, 0.5) is 17.3 Å². The normalized spacial score (nSPS) is 15.2. The van der Waals surface area contributed by atoms with Crippen molar-refractivity contribution in [3.8, 4) is 11.3 Å². The number of sulfonamides is 1. The average molecular weight is 521 g/mol. The summed E-state index contributed by atoms with van der Waals surface area (Å²) < 4.78 is 27.0. The Balaban J connectivity index is 1.33. The van der Waals surface area contributed by atoms with Crippen LogP contribution in [0, 0.1) is 0 Å². The molecule has 2 aromatic heterocycles. The number of hydrogen-bond donors (Lipinski definition) is 2. The van der Waals surface area contributed by atoms with Gasteiger partial charge in [0.1, 0.15) is 0 Å². The van der Waals surface area contributed by atoms with Crippen molar-refractivity contribution in [1.82, 2.24) is 19.5 Å². The maximum Gasteiger partial charge on any atom is 0.245 e. The summed E-state index contributed by atoms with van der Waals surface area (Å²) in [7, 11) is -1.82. The van der Waals surface area contributed by atoms with Crippen molar-refractivity contribution in [2.45, 2.75) is 18.8 Å². The Morgan fingerprint density at radius 1 is 1.08 bits per heavy atom. The number of rotatable bonds is 8. The number of aliphatic hydroxyl groups excluding tert-OH is 1. The summed E-state index contributed by atoms with van der Waals surface area (Å²) in [5, 5.41) is 17.2. The lowest BCUT2D eigenvalue weighted by Gasteiger charge is -2.31. The summed E-state index contributed by atoms with van der Waals surface area (Å²) in [6.45, 7) is 3.01. The van der Waals surface area contributed by atoms with Crippen LogP contribution < -0.4 is 9.62 Å². The van der Waals surface area contributed by atoms with Gasteiger partial charge in [-0.25, -0.2) is 17.9 Å².